The third kappa shape index (κ3) is 1.71. The minimum absolute atomic E-state index is 0.338. The Morgan fingerprint density at radius 2 is 1.95 bits per heavy atom. The first-order chi connectivity index (χ1) is 10.7. The number of anilines is 2. The number of benzene rings is 2. The van der Waals surface area contributed by atoms with Gasteiger partial charge in [-0.1, -0.05) is 24.3 Å². The summed E-state index contributed by atoms with van der Waals surface area (Å²) in [5.41, 5.74) is 3.20. The van der Waals surface area contributed by atoms with Crippen LogP contribution < -0.4 is 16.0 Å². The first kappa shape index (κ1) is 12.9. The topological polar surface area (TPSA) is 77.0 Å². The molecule has 0 aliphatic carbocycles. The minimum Gasteiger partial charge on any atom is -0.356 e. The first-order valence-corrected chi connectivity index (χ1v) is 7.16. The third-order valence-electron chi connectivity index (χ3n) is 4.26. The number of rotatable bonds is 2. The monoisotopic (exact) mass is 290 g/mol. The number of nitrogens with zero attached hydrogens (tertiary/aromatic N) is 1. The van der Waals surface area contributed by atoms with Crippen molar-refractivity contribution in [2.45, 2.75) is 18.6 Å². The van der Waals surface area contributed by atoms with Gasteiger partial charge in [-0.15, -0.1) is 0 Å². The Labute approximate surface area is 128 Å². The maximum Gasteiger partial charge on any atom is 0.269 e. The van der Waals surface area contributed by atoms with Gasteiger partial charge in [-0.2, -0.15) is 5.26 Å². The second-order valence-electron chi connectivity index (χ2n) is 5.57. The van der Waals surface area contributed by atoms with Crippen molar-refractivity contribution in [3.63, 3.8) is 0 Å². The van der Waals surface area contributed by atoms with Gasteiger partial charge in [-0.3, -0.25) is 4.79 Å². The van der Waals surface area contributed by atoms with Gasteiger partial charge < -0.3 is 16.0 Å². The van der Waals surface area contributed by atoms with E-state index in [1.54, 1.807) is 12.1 Å². The molecule has 2 aromatic rings. The van der Waals surface area contributed by atoms with Gasteiger partial charge in [-0.25, -0.2) is 0 Å². The van der Waals surface area contributed by atoms with Crippen LogP contribution in [0, 0.1) is 11.3 Å². The summed E-state index contributed by atoms with van der Waals surface area (Å²) >= 11 is 0. The number of carbonyl (C=O) groups excluding carboxylic acids is 1. The second kappa shape index (κ2) is 4.58. The van der Waals surface area contributed by atoms with E-state index < -0.39 is 5.54 Å². The molecule has 2 heterocycles. The van der Waals surface area contributed by atoms with Gasteiger partial charge in [0.1, 0.15) is 6.07 Å². The molecule has 0 saturated heterocycles. The highest BCUT2D eigenvalue weighted by atomic mass is 16.2. The Bertz CT molecular complexity index is 824. The highest BCUT2D eigenvalue weighted by Gasteiger charge is 2.47. The molecule has 5 nitrogen and oxygen atoms in total. The van der Waals surface area contributed by atoms with Crippen molar-refractivity contribution in [2.75, 3.05) is 10.6 Å². The lowest BCUT2D eigenvalue weighted by Crippen LogP contribution is -2.40. The minimum atomic E-state index is -1.38. The Hall–Kier alpha value is -2.84. The van der Waals surface area contributed by atoms with Crippen LogP contribution in [0.3, 0.4) is 0 Å². The number of carbonyl (C=O) groups is 1. The largest absolute Gasteiger partial charge is 0.356 e. The molecule has 0 aromatic heterocycles. The zero-order valence-corrected chi connectivity index (χ0v) is 11.8. The number of nitrogens with one attached hydrogen (secondary N) is 3. The average Bonchev–Trinajstić information content (AvgIpc) is 3.10. The summed E-state index contributed by atoms with van der Waals surface area (Å²) in [6, 6.07) is 15.4. The summed E-state index contributed by atoms with van der Waals surface area (Å²) in [6.45, 7) is 1.68. The van der Waals surface area contributed by atoms with Crippen molar-refractivity contribution in [2.24, 2.45) is 0 Å². The van der Waals surface area contributed by atoms with Crippen LogP contribution in [0.4, 0.5) is 11.4 Å². The highest BCUT2D eigenvalue weighted by Crippen LogP contribution is 2.38. The van der Waals surface area contributed by atoms with Gasteiger partial charge in [0, 0.05) is 30.0 Å². The maximum atomic E-state index is 12.4. The predicted octanol–water partition coefficient (Wildman–Crippen LogP) is 2.07. The highest BCUT2D eigenvalue weighted by molar-refractivity contribution is 6.09. The zero-order chi connectivity index (χ0) is 15.2. The Morgan fingerprint density at radius 3 is 2.82 bits per heavy atom. The number of amides is 1. The van der Waals surface area contributed by atoms with Gasteiger partial charge in [-0.05, 0) is 29.3 Å². The van der Waals surface area contributed by atoms with Gasteiger partial charge in [0.05, 0.1) is 0 Å². The van der Waals surface area contributed by atoms with Gasteiger partial charge >= 0.3 is 0 Å². The van der Waals surface area contributed by atoms with Crippen LogP contribution in [0.5, 0.6) is 0 Å². The molecule has 22 heavy (non-hydrogen) atoms. The fourth-order valence-electron chi connectivity index (χ4n) is 3.11. The summed E-state index contributed by atoms with van der Waals surface area (Å²) < 4.78 is 0. The first-order valence-electron chi connectivity index (χ1n) is 7.16. The van der Waals surface area contributed by atoms with E-state index in [0.29, 0.717) is 11.3 Å². The molecule has 0 spiro atoms. The van der Waals surface area contributed by atoms with Gasteiger partial charge in [0.25, 0.3) is 5.91 Å². The van der Waals surface area contributed by atoms with Crippen LogP contribution in [0.25, 0.3) is 0 Å². The molecule has 0 bridgehead atoms. The van der Waals surface area contributed by atoms with E-state index in [2.05, 4.69) is 22.0 Å². The Kier molecular flexibility index (Phi) is 2.68. The second-order valence-corrected chi connectivity index (χ2v) is 5.57. The van der Waals surface area contributed by atoms with E-state index in [1.165, 1.54) is 11.1 Å². The number of nitriles is 1. The fraction of sp³-hybridized carbons (Fsp3) is 0.176. The average molecular weight is 290 g/mol. The molecule has 5 heteroatoms. The molecular formula is C17H14N4O. The van der Waals surface area contributed by atoms with Gasteiger partial charge in [0.15, 0.2) is 0 Å². The van der Waals surface area contributed by atoms with E-state index in [4.69, 9.17) is 0 Å². The zero-order valence-electron chi connectivity index (χ0n) is 11.8. The molecule has 0 fully saturated rings. The third-order valence-corrected chi connectivity index (χ3v) is 4.26. The number of hydrogen-bond donors (Lipinski definition) is 3. The number of fused-ring (bicyclic) bond motifs is 2. The summed E-state index contributed by atoms with van der Waals surface area (Å²) in [5.74, 6) is -0.338. The lowest BCUT2D eigenvalue weighted by atomic mass is 9.92. The molecule has 2 aromatic carbocycles. The standard InChI is InChI=1S/C17H14N4O/c18-10-17(14-3-1-2-4-15(14)20-16(17)22)21-13-6-5-11-8-19-9-12(11)7-13/h1-7,19,21H,8-9H2,(H,20,22)/t17-/m1/s1. The van der Waals surface area contributed by atoms with E-state index >= 15 is 0 Å². The molecular weight excluding hydrogens is 276 g/mol. The summed E-state index contributed by atoms with van der Waals surface area (Å²) in [5, 5.41) is 18.9. The van der Waals surface area contributed by atoms with Crippen LogP contribution in [0.2, 0.25) is 0 Å². The molecule has 4 rings (SSSR count). The van der Waals surface area contributed by atoms with Crippen molar-refractivity contribution >= 4 is 17.3 Å². The Balaban J connectivity index is 1.77. The molecule has 1 amide bonds. The van der Waals surface area contributed by atoms with E-state index in [1.807, 2.05) is 30.3 Å². The van der Waals surface area contributed by atoms with Crippen LogP contribution in [-0.4, -0.2) is 5.91 Å². The fourth-order valence-corrected chi connectivity index (χ4v) is 3.11. The normalized spacial score (nSPS) is 21.7. The molecule has 2 aliphatic rings. The van der Waals surface area contributed by atoms with Crippen molar-refractivity contribution in [3.05, 3.63) is 59.2 Å². The molecule has 3 N–H and O–H groups in total. The lowest BCUT2D eigenvalue weighted by Gasteiger charge is -2.22. The summed E-state index contributed by atoms with van der Waals surface area (Å²) in [4.78, 5) is 12.4. The van der Waals surface area contributed by atoms with E-state index in [0.717, 1.165) is 18.8 Å². The van der Waals surface area contributed by atoms with Crippen LogP contribution >= 0.6 is 0 Å². The summed E-state index contributed by atoms with van der Waals surface area (Å²) in [6.07, 6.45) is 0. The molecule has 1 atom stereocenters. The predicted molar refractivity (Wildman–Crippen MR) is 83.0 cm³/mol. The van der Waals surface area contributed by atoms with Crippen LogP contribution in [0.15, 0.2) is 42.5 Å². The van der Waals surface area contributed by atoms with Crippen LogP contribution in [0.1, 0.15) is 16.7 Å². The maximum absolute atomic E-state index is 12.4. The molecule has 108 valence electrons. The smallest absolute Gasteiger partial charge is 0.269 e. The van der Waals surface area contributed by atoms with Gasteiger partial charge in [0.2, 0.25) is 5.54 Å². The van der Waals surface area contributed by atoms with Crippen molar-refractivity contribution in [1.29, 1.82) is 5.26 Å². The number of para-hydroxylation sites is 1. The van der Waals surface area contributed by atoms with Crippen molar-refractivity contribution < 1.29 is 4.79 Å². The lowest BCUT2D eigenvalue weighted by molar-refractivity contribution is -0.118. The molecule has 0 radical (unpaired) electrons. The quantitative estimate of drug-likeness (QED) is 0.791. The number of hydrogen-bond acceptors (Lipinski definition) is 4. The molecule has 0 unspecified atom stereocenters. The van der Waals surface area contributed by atoms with E-state index in [9.17, 15) is 10.1 Å². The molecule has 2 aliphatic heterocycles. The summed E-state index contributed by atoms with van der Waals surface area (Å²) in [7, 11) is 0. The van der Waals surface area contributed by atoms with E-state index in [-0.39, 0.29) is 5.91 Å². The Morgan fingerprint density at radius 1 is 1.14 bits per heavy atom. The SMILES string of the molecule is N#C[C@]1(Nc2ccc3c(c2)CNC3)C(=O)Nc2ccccc21. The van der Waals surface area contributed by atoms with Crippen molar-refractivity contribution in [3.8, 4) is 6.07 Å². The molecule has 0 saturated carbocycles. The van der Waals surface area contributed by atoms with Crippen molar-refractivity contribution in [1.82, 2.24) is 5.32 Å². The van der Waals surface area contributed by atoms with Crippen LogP contribution in [-0.2, 0) is 23.4 Å².